The SMILES string of the molecule is CC(C)(C)[C@H](O)C(F)F. The van der Waals surface area contributed by atoms with E-state index in [1.54, 1.807) is 20.8 Å². The van der Waals surface area contributed by atoms with Crippen molar-refractivity contribution in [2.75, 3.05) is 0 Å². The molecule has 0 aromatic carbocycles. The standard InChI is InChI=1S/C6H12F2O/c1-6(2,3)4(9)5(7)8/h4-5,9H,1-3H3/t4-/m1/s1. The van der Waals surface area contributed by atoms with Gasteiger partial charge in [-0.05, 0) is 5.41 Å². The maximum Gasteiger partial charge on any atom is 0.264 e. The number of halogens is 2. The molecule has 0 aromatic rings. The molecule has 0 fully saturated rings. The van der Waals surface area contributed by atoms with E-state index in [1.807, 2.05) is 0 Å². The molecule has 0 amide bonds. The fourth-order valence-corrected chi connectivity index (χ4v) is 0.378. The molecule has 0 aliphatic heterocycles. The largest absolute Gasteiger partial charge is 0.387 e. The van der Waals surface area contributed by atoms with Gasteiger partial charge in [0.2, 0.25) is 0 Å². The first kappa shape index (κ1) is 8.82. The van der Waals surface area contributed by atoms with E-state index in [0.29, 0.717) is 0 Å². The fourth-order valence-electron chi connectivity index (χ4n) is 0.378. The second-order valence-corrected chi connectivity index (χ2v) is 3.15. The van der Waals surface area contributed by atoms with Crippen LogP contribution in [0.4, 0.5) is 8.78 Å². The van der Waals surface area contributed by atoms with Gasteiger partial charge in [-0.15, -0.1) is 0 Å². The van der Waals surface area contributed by atoms with Gasteiger partial charge in [-0.1, -0.05) is 20.8 Å². The van der Waals surface area contributed by atoms with Gasteiger partial charge < -0.3 is 5.11 Å². The van der Waals surface area contributed by atoms with E-state index >= 15 is 0 Å². The second-order valence-electron chi connectivity index (χ2n) is 3.15. The summed E-state index contributed by atoms with van der Waals surface area (Å²) in [4.78, 5) is 0. The van der Waals surface area contributed by atoms with Crippen molar-refractivity contribution in [2.24, 2.45) is 5.41 Å². The molecule has 0 bridgehead atoms. The Hall–Kier alpha value is -0.180. The molecule has 0 rings (SSSR count). The Bertz CT molecular complexity index is 85.5. The van der Waals surface area contributed by atoms with E-state index < -0.39 is 17.9 Å². The lowest BCUT2D eigenvalue weighted by Crippen LogP contribution is -2.32. The molecule has 0 aliphatic carbocycles. The minimum atomic E-state index is -2.63. The topological polar surface area (TPSA) is 20.2 Å². The third-order valence-electron chi connectivity index (χ3n) is 1.13. The van der Waals surface area contributed by atoms with Gasteiger partial charge in [-0.25, -0.2) is 8.78 Å². The Kier molecular flexibility index (Phi) is 2.55. The van der Waals surface area contributed by atoms with Gasteiger partial charge in [-0.2, -0.15) is 0 Å². The second kappa shape index (κ2) is 2.60. The molecule has 0 aliphatic rings. The lowest BCUT2D eigenvalue weighted by Gasteiger charge is -2.24. The maximum atomic E-state index is 11.7. The number of aliphatic hydroxyl groups is 1. The molecule has 1 nitrogen and oxygen atoms in total. The minimum Gasteiger partial charge on any atom is -0.387 e. The summed E-state index contributed by atoms with van der Waals surface area (Å²) in [5, 5.41) is 8.71. The monoisotopic (exact) mass is 138 g/mol. The molecule has 0 radical (unpaired) electrons. The summed E-state index contributed by atoms with van der Waals surface area (Å²) in [6.07, 6.45) is -4.15. The van der Waals surface area contributed by atoms with Gasteiger partial charge in [0, 0.05) is 0 Å². The zero-order valence-corrected chi connectivity index (χ0v) is 5.86. The van der Waals surface area contributed by atoms with Crippen LogP contribution in [0.15, 0.2) is 0 Å². The molecule has 9 heavy (non-hydrogen) atoms. The number of hydrogen-bond donors (Lipinski definition) is 1. The summed E-state index contributed by atoms with van der Waals surface area (Å²) in [7, 11) is 0. The van der Waals surface area contributed by atoms with Gasteiger partial charge in [0.25, 0.3) is 6.43 Å². The molecule has 3 heteroatoms. The van der Waals surface area contributed by atoms with Crippen LogP contribution in [0.5, 0.6) is 0 Å². The summed E-state index contributed by atoms with van der Waals surface area (Å²) in [5.74, 6) is 0. The van der Waals surface area contributed by atoms with E-state index in [-0.39, 0.29) is 0 Å². The molecule has 0 saturated carbocycles. The number of alkyl halides is 2. The van der Waals surface area contributed by atoms with Gasteiger partial charge in [0.1, 0.15) is 6.10 Å². The summed E-state index contributed by atoms with van der Waals surface area (Å²) in [5.41, 5.74) is -0.714. The highest BCUT2D eigenvalue weighted by atomic mass is 19.3. The highest BCUT2D eigenvalue weighted by molar-refractivity contribution is 4.73. The lowest BCUT2D eigenvalue weighted by molar-refractivity contribution is -0.0636. The third kappa shape index (κ3) is 2.75. The van der Waals surface area contributed by atoms with Crippen LogP contribution in [0.3, 0.4) is 0 Å². The van der Waals surface area contributed by atoms with Crippen LogP contribution in [-0.2, 0) is 0 Å². The number of rotatable bonds is 1. The first-order valence-electron chi connectivity index (χ1n) is 2.82. The van der Waals surface area contributed by atoms with Gasteiger partial charge in [-0.3, -0.25) is 0 Å². The first-order chi connectivity index (χ1) is 3.85. The molecule has 0 unspecified atom stereocenters. The predicted molar refractivity (Wildman–Crippen MR) is 31.5 cm³/mol. The molecule has 0 saturated heterocycles. The smallest absolute Gasteiger partial charge is 0.264 e. The quantitative estimate of drug-likeness (QED) is 0.584. The number of hydrogen-bond acceptors (Lipinski definition) is 1. The van der Waals surface area contributed by atoms with E-state index in [4.69, 9.17) is 5.11 Å². The molecule has 0 aromatic heterocycles. The van der Waals surface area contributed by atoms with Crippen LogP contribution < -0.4 is 0 Å². The van der Waals surface area contributed by atoms with Crippen molar-refractivity contribution in [3.63, 3.8) is 0 Å². The molecule has 0 spiro atoms. The van der Waals surface area contributed by atoms with Crippen molar-refractivity contribution < 1.29 is 13.9 Å². The van der Waals surface area contributed by atoms with Crippen molar-refractivity contribution in [2.45, 2.75) is 33.3 Å². The maximum absolute atomic E-state index is 11.7. The van der Waals surface area contributed by atoms with Crippen molar-refractivity contribution in [1.82, 2.24) is 0 Å². The highest BCUT2D eigenvalue weighted by Gasteiger charge is 2.29. The van der Waals surface area contributed by atoms with E-state index in [0.717, 1.165) is 0 Å². The average Bonchev–Trinajstić information content (AvgIpc) is 1.62. The zero-order chi connectivity index (χ0) is 7.65. The van der Waals surface area contributed by atoms with Crippen molar-refractivity contribution >= 4 is 0 Å². The summed E-state index contributed by atoms with van der Waals surface area (Å²) < 4.78 is 23.3. The Morgan fingerprint density at radius 3 is 1.56 bits per heavy atom. The third-order valence-corrected chi connectivity index (χ3v) is 1.13. The van der Waals surface area contributed by atoms with Crippen molar-refractivity contribution in [3.8, 4) is 0 Å². The summed E-state index contributed by atoms with van der Waals surface area (Å²) >= 11 is 0. The normalized spacial score (nSPS) is 16.3. The zero-order valence-electron chi connectivity index (χ0n) is 5.86. The van der Waals surface area contributed by atoms with Gasteiger partial charge in [0.15, 0.2) is 0 Å². The molecular formula is C6H12F2O. The van der Waals surface area contributed by atoms with E-state index in [2.05, 4.69) is 0 Å². The Morgan fingerprint density at radius 1 is 1.22 bits per heavy atom. The minimum absolute atomic E-state index is 0.714. The fraction of sp³-hybridized carbons (Fsp3) is 1.00. The molecule has 0 heterocycles. The molecule has 1 N–H and O–H groups in total. The van der Waals surface area contributed by atoms with Crippen LogP contribution in [0.25, 0.3) is 0 Å². The highest BCUT2D eigenvalue weighted by Crippen LogP contribution is 2.23. The van der Waals surface area contributed by atoms with E-state index in [9.17, 15) is 8.78 Å². The summed E-state index contributed by atoms with van der Waals surface area (Å²) in [6, 6.07) is 0. The average molecular weight is 138 g/mol. The summed E-state index contributed by atoms with van der Waals surface area (Å²) in [6.45, 7) is 4.72. The van der Waals surface area contributed by atoms with Crippen LogP contribution in [0, 0.1) is 5.41 Å². The Morgan fingerprint density at radius 2 is 1.56 bits per heavy atom. The molecule has 1 atom stereocenters. The van der Waals surface area contributed by atoms with Gasteiger partial charge >= 0.3 is 0 Å². The van der Waals surface area contributed by atoms with Crippen LogP contribution in [-0.4, -0.2) is 17.6 Å². The Labute approximate surface area is 53.7 Å². The van der Waals surface area contributed by atoms with Gasteiger partial charge in [0.05, 0.1) is 0 Å². The van der Waals surface area contributed by atoms with Crippen molar-refractivity contribution in [3.05, 3.63) is 0 Å². The number of aliphatic hydroxyl groups excluding tert-OH is 1. The van der Waals surface area contributed by atoms with Crippen molar-refractivity contribution in [1.29, 1.82) is 0 Å². The van der Waals surface area contributed by atoms with Crippen LogP contribution in [0.2, 0.25) is 0 Å². The Balaban J connectivity index is 3.88. The first-order valence-corrected chi connectivity index (χ1v) is 2.82. The predicted octanol–water partition coefficient (Wildman–Crippen LogP) is 1.66. The molecular weight excluding hydrogens is 126 g/mol. The van der Waals surface area contributed by atoms with Crippen LogP contribution in [0.1, 0.15) is 20.8 Å². The van der Waals surface area contributed by atoms with E-state index in [1.165, 1.54) is 0 Å². The molecule has 56 valence electrons. The lowest BCUT2D eigenvalue weighted by atomic mass is 9.89. The van der Waals surface area contributed by atoms with Crippen LogP contribution >= 0.6 is 0 Å².